The van der Waals surface area contributed by atoms with E-state index in [1.54, 1.807) is 24.3 Å². The van der Waals surface area contributed by atoms with Crippen LogP contribution in [0.3, 0.4) is 0 Å². The first-order chi connectivity index (χ1) is 8.16. The van der Waals surface area contributed by atoms with Crippen LogP contribution in [0.2, 0.25) is 4.34 Å². The number of carbonyl (C=O) groups is 1. The number of hydrogen-bond donors (Lipinski definition) is 0. The summed E-state index contributed by atoms with van der Waals surface area (Å²) in [7, 11) is 0. The van der Waals surface area contributed by atoms with E-state index in [0.717, 1.165) is 10.0 Å². The summed E-state index contributed by atoms with van der Waals surface area (Å²) in [4.78, 5) is 12.4. The molecule has 2 rings (SSSR count). The summed E-state index contributed by atoms with van der Waals surface area (Å²) in [6.07, 6.45) is 3.35. The molecule has 86 valence electrons. The van der Waals surface area contributed by atoms with E-state index >= 15 is 0 Å². The Bertz CT molecular complexity index is 574. The highest BCUT2D eigenvalue weighted by Gasteiger charge is 2.05. The molecular formula is C13H8BrClOS. The van der Waals surface area contributed by atoms with E-state index in [0.29, 0.717) is 9.21 Å². The molecular weight excluding hydrogens is 320 g/mol. The van der Waals surface area contributed by atoms with Crippen molar-refractivity contribution in [1.29, 1.82) is 0 Å². The highest BCUT2D eigenvalue weighted by Crippen LogP contribution is 2.23. The average molecular weight is 328 g/mol. The molecule has 0 spiro atoms. The van der Waals surface area contributed by atoms with Gasteiger partial charge in [-0.15, -0.1) is 11.3 Å². The number of halogens is 2. The summed E-state index contributed by atoms with van der Waals surface area (Å²) in [5.41, 5.74) is 0.975. The van der Waals surface area contributed by atoms with Crippen molar-refractivity contribution in [2.24, 2.45) is 0 Å². The molecule has 1 aromatic heterocycles. The third-order valence-corrected chi connectivity index (χ3v) is 4.10. The van der Waals surface area contributed by atoms with Gasteiger partial charge in [0.15, 0.2) is 5.78 Å². The predicted octanol–water partition coefficient (Wildman–Crippen LogP) is 5.06. The summed E-state index contributed by atoms with van der Waals surface area (Å²) in [6.45, 7) is 0. The second-order valence-corrected chi connectivity index (χ2v) is 5.89. The quantitative estimate of drug-likeness (QED) is 0.569. The number of rotatable bonds is 3. The van der Waals surface area contributed by atoms with Crippen LogP contribution in [0.4, 0.5) is 0 Å². The van der Waals surface area contributed by atoms with Gasteiger partial charge in [0.1, 0.15) is 0 Å². The highest BCUT2D eigenvalue weighted by atomic mass is 79.9. The Hall–Kier alpha value is -0.900. The van der Waals surface area contributed by atoms with Crippen molar-refractivity contribution >= 4 is 50.7 Å². The van der Waals surface area contributed by atoms with Gasteiger partial charge < -0.3 is 0 Å². The molecule has 0 amide bonds. The minimum atomic E-state index is -0.0300. The topological polar surface area (TPSA) is 17.1 Å². The number of benzene rings is 1. The fourth-order valence-corrected chi connectivity index (χ4v) is 2.68. The van der Waals surface area contributed by atoms with Crippen LogP contribution >= 0.6 is 38.9 Å². The van der Waals surface area contributed by atoms with Crippen LogP contribution in [-0.4, -0.2) is 5.78 Å². The van der Waals surface area contributed by atoms with Gasteiger partial charge in [-0.05, 0) is 35.9 Å². The molecule has 0 bridgehead atoms. The van der Waals surface area contributed by atoms with Crippen LogP contribution in [-0.2, 0) is 0 Å². The van der Waals surface area contributed by atoms with E-state index in [-0.39, 0.29) is 5.78 Å². The van der Waals surface area contributed by atoms with Gasteiger partial charge in [-0.2, -0.15) is 0 Å². The monoisotopic (exact) mass is 326 g/mol. The average Bonchev–Trinajstić information content (AvgIpc) is 2.74. The molecule has 0 atom stereocenters. The molecule has 0 saturated carbocycles. The van der Waals surface area contributed by atoms with E-state index in [2.05, 4.69) is 15.9 Å². The fraction of sp³-hybridized carbons (Fsp3) is 0. The largest absolute Gasteiger partial charge is 0.288 e. The lowest BCUT2D eigenvalue weighted by Crippen LogP contribution is -1.88. The standard InChI is InChI=1S/C13H8BrClOS/c14-10-4-2-1-3-9(10)5-6-11(16)12-7-8-13(15)17-12/h1-8H. The molecule has 0 aliphatic rings. The van der Waals surface area contributed by atoms with Crippen molar-refractivity contribution in [1.82, 2.24) is 0 Å². The van der Waals surface area contributed by atoms with Crippen molar-refractivity contribution in [3.63, 3.8) is 0 Å². The van der Waals surface area contributed by atoms with Gasteiger partial charge in [-0.1, -0.05) is 45.7 Å². The van der Waals surface area contributed by atoms with Crippen LogP contribution in [0, 0.1) is 0 Å². The van der Waals surface area contributed by atoms with Gasteiger partial charge in [0.2, 0.25) is 0 Å². The zero-order chi connectivity index (χ0) is 12.3. The number of carbonyl (C=O) groups excluding carboxylic acids is 1. The highest BCUT2D eigenvalue weighted by molar-refractivity contribution is 9.10. The second-order valence-electron chi connectivity index (χ2n) is 3.32. The predicted molar refractivity (Wildman–Crippen MR) is 76.8 cm³/mol. The fourth-order valence-electron chi connectivity index (χ4n) is 1.30. The number of hydrogen-bond acceptors (Lipinski definition) is 2. The molecule has 2 aromatic rings. The van der Waals surface area contributed by atoms with Crippen molar-refractivity contribution in [2.45, 2.75) is 0 Å². The normalized spacial score (nSPS) is 10.9. The first-order valence-electron chi connectivity index (χ1n) is 4.89. The van der Waals surface area contributed by atoms with Crippen LogP contribution in [0.15, 0.2) is 46.9 Å². The molecule has 1 nitrogen and oxygen atoms in total. The van der Waals surface area contributed by atoms with Crippen molar-refractivity contribution in [3.8, 4) is 0 Å². The smallest absolute Gasteiger partial charge is 0.195 e. The van der Waals surface area contributed by atoms with E-state index in [9.17, 15) is 4.79 Å². The Balaban J connectivity index is 2.17. The number of allylic oxidation sites excluding steroid dienone is 1. The van der Waals surface area contributed by atoms with Crippen LogP contribution in [0.5, 0.6) is 0 Å². The summed E-state index contributed by atoms with van der Waals surface area (Å²) in [6, 6.07) is 11.2. The zero-order valence-corrected chi connectivity index (χ0v) is 11.8. The van der Waals surface area contributed by atoms with Gasteiger partial charge >= 0.3 is 0 Å². The molecule has 0 aliphatic heterocycles. The Morgan fingerprint density at radius 3 is 2.65 bits per heavy atom. The van der Waals surface area contributed by atoms with E-state index < -0.39 is 0 Å². The minimum Gasteiger partial charge on any atom is -0.288 e. The van der Waals surface area contributed by atoms with Gasteiger partial charge in [0.05, 0.1) is 9.21 Å². The number of thiophene rings is 1. The summed E-state index contributed by atoms with van der Waals surface area (Å²) in [5, 5.41) is 0. The van der Waals surface area contributed by atoms with Crippen molar-refractivity contribution in [2.75, 3.05) is 0 Å². The molecule has 0 fully saturated rings. The first kappa shape index (κ1) is 12.6. The molecule has 0 unspecified atom stereocenters. The SMILES string of the molecule is O=C(C=Cc1ccccc1Br)c1ccc(Cl)s1. The maximum Gasteiger partial charge on any atom is 0.195 e. The van der Waals surface area contributed by atoms with Crippen LogP contribution < -0.4 is 0 Å². The lowest BCUT2D eigenvalue weighted by molar-refractivity contribution is 0.105. The minimum absolute atomic E-state index is 0.0300. The van der Waals surface area contributed by atoms with E-state index in [1.807, 2.05) is 24.3 Å². The maximum absolute atomic E-state index is 11.8. The van der Waals surface area contributed by atoms with Crippen molar-refractivity contribution < 1.29 is 4.79 Å². The first-order valence-corrected chi connectivity index (χ1v) is 6.88. The van der Waals surface area contributed by atoms with Gasteiger partial charge in [0.25, 0.3) is 0 Å². The Morgan fingerprint density at radius 1 is 1.24 bits per heavy atom. The molecule has 4 heteroatoms. The van der Waals surface area contributed by atoms with Gasteiger partial charge in [-0.3, -0.25) is 4.79 Å². The molecule has 1 aromatic carbocycles. The molecule has 1 heterocycles. The molecule has 0 aliphatic carbocycles. The van der Waals surface area contributed by atoms with Gasteiger partial charge in [0, 0.05) is 4.47 Å². The van der Waals surface area contributed by atoms with E-state index in [4.69, 9.17) is 11.6 Å². The van der Waals surface area contributed by atoms with Crippen LogP contribution in [0.25, 0.3) is 6.08 Å². The lowest BCUT2D eigenvalue weighted by atomic mass is 10.2. The molecule has 0 saturated heterocycles. The summed E-state index contributed by atoms with van der Waals surface area (Å²) in [5.74, 6) is -0.0300. The number of ketones is 1. The Morgan fingerprint density at radius 2 is 2.00 bits per heavy atom. The lowest BCUT2D eigenvalue weighted by Gasteiger charge is -1.96. The van der Waals surface area contributed by atoms with Crippen molar-refractivity contribution in [3.05, 3.63) is 61.7 Å². The van der Waals surface area contributed by atoms with Gasteiger partial charge in [-0.25, -0.2) is 0 Å². The van der Waals surface area contributed by atoms with E-state index in [1.165, 1.54) is 11.3 Å². The molecule has 0 radical (unpaired) electrons. The molecule has 0 N–H and O–H groups in total. The summed E-state index contributed by atoms with van der Waals surface area (Å²) >= 11 is 10.5. The zero-order valence-electron chi connectivity index (χ0n) is 8.69. The Labute approximate surface area is 117 Å². The second kappa shape index (κ2) is 5.63. The Kier molecular flexibility index (Phi) is 4.15. The molecule has 17 heavy (non-hydrogen) atoms. The summed E-state index contributed by atoms with van der Waals surface area (Å²) < 4.78 is 1.59. The third kappa shape index (κ3) is 3.28. The maximum atomic E-state index is 11.8. The third-order valence-electron chi connectivity index (χ3n) is 2.14. The van der Waals surface area contributed by atoms with Crippen LogP contribution in [0.1, 0.15) is 15.2 Å².